The van der Waals surface area contributed by atoms with E-state index < -0.39 is 11.9 Å². The van der Waals surface area contributed by atoms with E-state index in [0.717, 1.165) is 11.4 Å². The van der Waals surface area contributed by atoms with E-state index in [4.69, 9.17) is 5.11 Å². The van der Waals surface area contributed by atoms with Crippen molar-refractivity contribution >= 4 is 28.3 Å². The molecule has 2 N–H and O–H groups in total. The van der Waals surface area contributed by atoms with Crippen molar-refractivity contribution < 1.29 is 14.7 Å². The zero-order valence-corrected chi connectivity index (χ0v) is 12.3. The summed E-state index contributed by atoms with van der Waals surface area (Å²) in [4.78, 5) is 26.9. The third-order valence-electron chi connectivity index (χ3n) is 2.52. The zero-order valence-electron chi connectivity index (χ0n) is 11.5. The molecule has 0 aromatic carbocycles. The average Bonchev–Trinajstić information content (AvgIpc) is 2.85. The minimum atomic E-state index is -1.20. The van der Waals surface area contributed by atoms with Gasteiger partial charge < -0.3 is 5.11 Å². The van der Waals surface area contributed by atoms with Crippen molar-refractivity contribution in [3.05, 3.63) is 34.6 Å². The predicted octanol–water partition coefficient (Wildman–Crippen LogP) is 2.08. The summed E-state index contributed by atoms with van der Waals surface area (Å²) < 4.78 is 0. The molecule has 110 valence electrons. The molecule has 2 rings (SSSR count). The maximum absolute atomic E-state index is 12.1. The smallest absolute Gasteiger partial charge is 0.338 e. The van der Waals surface area contributed by atoms with E-state index in [1.54, 1.807) is 0 Å². The summed E-state index contributed by atoms with van der Waals surface area (Å²) in [6.07, 6.45) is 2.14. The minimum absolute atomic E-state index is 0.148. The molecule has 2 heterocycles. The number of hydrogen-bond donors (Lipinski definition) is 2. The van der Waals surface area contributed by atoms with Gasteiger partial charge in [-0.3, -0.25) is 15.1 Å². The Morgan fingerprint density at radius 3 is 2.81 bits per heavy atom. The van der Waals surface area contributed by atoms with E-state index in [0.29, 0.717) is 11.0 Å². The third kappa shape index (κ3) is 3.82. The molecular weight excluding hydrogens is 292 g/mol. The quantitative estimate of drug-likeness (QED) is 0.876. The van der Waals surface area contributed by atoms with Gasteiger partial charge in [0.2, 0.25) is 5.13 Å². The first-order chi connectivity index (χ1) is 9.97. The molecule has 0 saturated heterocycles. The Labute approximate surface area is 125 Å². The molecule has 0 fully saturated rings. The summed E-state index contributed by atoms with van der Waals surface area (Å²) in [5, 5.41) is 20.6. The molecular formula is C13H14N4O3S. The van der Waals surface area contributed by atoms with E-state index in [-0.39, 0.29) is 11.3 Å². The highest BCUT2D eigenvalue weighted by Gasteiger charge is 2.19. The average molecular weight is 306 g/mol. The molecule has 2 aromatic heterocycles. The number of pyridine rings is 1. The van der Waals surface area contributed by atoms with Crippen molar-refractivity contribution in [2.45, 2.75) is 20.3 Å². The van der Waals surface area contributed by atoms with Crippen LogP contribution in [0.5, 0.6) is 0 Å². The van der Waals surface area contributed by atoms with Crippen molar-refractivity contribution in [3.8, 4) is 0 Å². The highest BCUT2D eigenvalue weighted by atomic mass is 32.1. The number of aromatic carboxylic acids is 1. The van der Waals surface area contributed by atoms with Gasteiger partial charge in [-0.2, -0.15) is 0 Å². The molecule has 1 amide bonds. The predicted molar refractivity (Wildman–Crippen MR) is 77.6 cm³/mol. The van der Waals surface area contributed by atoms with Crippen LogP contribution in [0.4, 0.5) is 5.13 Å². The number of carboxylic acid groups (broad SMARTS) is 1. The topological polar surface area (TPSA) is 105 Å². The van der Waals surface area contributed by atoms with Crippen molar-refractivity contribution in [3.63, 3.8) is 0 Å². The maximum Gasteiger partial charge on any atom is 0.338 e. The molecule has 0 atom stereocenters. The largest absolute Gasteiger partial charge is 0.478 e. The Bertz CT molecular complexity index is 669. The van der Waals surface area contributed by atoms with Crippen LogP contribution in [-0.2, 0) is 6.42 Å². The number of amides is 1. The van der Waals surface area contributed by atoms with Gasteiger partial charge in [0.05, 0.1) is 5.56 Å². The van der Waals surface area contributed by atoms with E-state index >= 15 is 0 Å². The van der Waals surface area contributed by atoms with Gasteiger partial charge in [-0.05, 0) is 18.1 Å². The molecule has 0 aliphatic rings. The van der Waals surface area contributed by atoms with Crippen LogP contribution in [0.25, 0.3) is 0 Å². The molecule has 0 bridgehead atoms. The first-order valence-corrected chi connectivity index (χ1v) is 7.11. The lowest BCUT2D eigenvalue weighted by Gasteiger charge is -2.03. The lowest BCUT2D eigenvalue weighted by atomic mass is 10.1. The Morgan fingerprint density at radius 1 is 1.38 bits per heavy atom. The molecule has 8 heteroatoms. The van der Waals surface area contributed by atoms with E-state index in [9.17, 15) is 9.59 Å². The van der Waals surface area contributed by atoms with E-state index in [2.05, 4.69) is 34.3 Å². The van der Waals surface area contributed by atoms with E-state index in [1.165, 1.54) is 29.7 Å². The molecule has 0 spiro atoms. The normalized spacial score (nSPS) is 10.6. The number of aromatic nitrogens is 3. The molecule has 0 unspecified atom stereocenters. The van der Waals surface area contributed by atoms with Gasteiger partial charge >= 0.3 is 5.97 Å². The van der Waals surface area contributed by atoms with E-state index in [1.807, 2.05) is 0 Å². The number of nitrogens with zero attached hydrogens (tertiary/aromatic N) is 3. The summed E-state index contributed by atoms with van der Waals surface area (Å²) in [7, 11) is 0. The van der Waals surface area contributed by atoms with Crippen LogP contribution in [0.2, 0.25) is 0 Å². The fourth-order valence-electron chi connectivity index (χ4n) is 1.65. The summed E-state index contributed by atoms with van der Waals surface area (Å²) in [5.74, 6) is -1.37. The molecule has 7 nitrogen and oxygen atoms in total. The number of carbonyl (C=O) groups is 2. The number of carbonyl (C=O) groups excluding carboxylic acids is 1. The number of rotatable bonds is 5. The van der Waals surface area contributed by atoms with Gasteiger partial charge in [0.1, 0.15) is 10.7 Å². The van der Waals surface area contributed by atoms with Crippen molar-refractivity contribution in [2.24, 2.45) is 5.92 Å². The van der Waals surface area contributed by atoms with Crippen LogP contribution in [0.1, 0.15) is 39.7 Å². The highest BCUT2D eigenvalue weighted by Crippen LogP contribution is 2.19. The minimum Gasteiger partial charge on any atom is -0.478 e. The number of nitrogens with one attached hydrogen (secondary N) is 1. The standard InChI is InChI=1S/C13H14N4O3S/c1-7(2)6-9-16-17-13(21-9)15-11(18)10-8(12(19)20)4-3-5-14-10/h3-5,7H,6H2,1-2H3,(H,19,20)(H,15,17,18). The Morgan fingerprint density at radius 2 is 2.14 bits per heavy atom. The first-order valence-electron chi connectivity index (χ1n) is 6.29. The maximum atomic E-state index is 12.1. The van der Waals surface area contributed by atoms with Gasteiger partial charge in [-0.25, -0.2) is 4.79 Å². The summed E-state index contributed by atoms with van der Waals surface area (Å²) in [6.45, 7) is 4.12. The van der Waals surface area contributed by atoms with Crippen LogP contribution >= 0.6 is 11.3 Å². The monoisotopic (exact) mass is 306 g/mol. The van der Waals surface area contributed by atoms with Crippen LogP contribution in [-0.4, -0.2) is 32.2 Å². The number of anilines is 1. The second-order valence-electron chi connectivity index (χ2n) is 4.76. The first kappa shape index (κ1) is 15.0. The molecule has 0 aliphatic heterocycles. The Balaban J connectivity index is 2.15. The van der Waals surface area contributed by atoms with Crippen LogP contribution in [0, 0.1) is 5.92 Å². The molecule has 0 saturated carbocycles. The van der Waals surface area contributed by atoms with Gasteiger partial charge in [0.15, 0.2) is 0 Å². The molecule has 21 heavy (non-hydrogen) atoms. The van der Waals surface area contributed by atoms with Crippen LogP contribution < -0.4 is 5.32 Å². The fraction of sp³-hybridized carbons (Fsp3) is 0.308. The van der Waals surface area contributed by atoms with Crippen molar-refractivity contribution in [1.82, 2.24) is 15.2 Å². The van der Waals surface area contributed by atoms with Crippen molar-refractivity contribution in [2.75, 3.05) is 5.32 Å². The van der Waals surface area contributed by atoms with Gasteiger partial charge in [-0.1, -0.05) is 25.2 Å². The van der Waals surface area contributed by atoms with Crippen LogP contribution in [0.3, 0.4) is 0 Å². The lowest BCUT2D eigenvalue weighted by molar-refractivity contribution is 0.0691. The number of carboxylic acids is 1. The Hall–Kier alpha value is -2.35. The second-order valence-corrected chi connectivity index (χ2v) is 5.82. The SMILES string of the molecule is CC(C)Cc1nnc(NC(=O)c2ncccc2C(=O)O)s1. The van der Waals surface area contributed by atoms with Gasteiger partial charge in [-0.15, -0.1) is 10.2 Å². The highest BCUT2D eigenvalue weighted by molar-refractivity contribution is 7.15. The van der Waals surface area contributed by atoms with Gasteiger partial charge in [0, 0.05) is 12.6 Å². The molecule has 0 aliphatic carbocycles. The number of hydrogen-bond acceptors (Lipinski definition) is 6. The summed E-state index contributed by atoms with van der Waals surface area (Å²) in [6, 6.07) is 2.79. The van der Waals surface area contributed by atoms with Crippen molar-refractivity contribution in [1.29, 1.82) is 0 Å². The third-order valence-corrected chi connectivity index (χ3v) is 3.38. The van der Waals surface area contributed by atoms with Gasteiger partial charge in [0.25, 0.3) is 5.91 Å². The fourth-order valence-corrected chi connectivity index (χ4v) is 2.60. The summed E-state index contributed by atoms with van der Waals surface area (Å²) in [5.41, 5.74) is -0.299. The Kier molecular flexibility index (Phi) is 4.59. The zero-order chi connectivity index (χ0) is 15.4. The lowest BCUT2D eigenvalue weighted by Crippen LogP contribution is -2.18. The summed E-state index contributed by atoms with van der Waals surface area (Å²) >= 11 is 1.27. The molecule has 2 aromatic rings. The second kappa shape index (κ2) is 6.40. The molecule has 0 radical (unpaired) electrons. The van der Waals surface area contributed by atoms with Crippen LogP contribution in [0.15, 0.2) is 18.3 Å².